The van der Waals surface area contributed by atoms with Gasteiger partial charge in [0, 0.05) is 0 Å². The van der Waals surface area contributed by atoms with Gasteiger partial charge in [-0.1, -0.05) is 0 Å². The van der Waals surface area contributed by atoms with Crippen molar-refractivity contribution in [2.24, 2.45) is 0 Å². The Hall–Kier alpha value is -1.50. The lowest BCUT2D eigenvalue weighted by Gasteiger charge is -2.03. The SMILES string of the molecule is O=[N+]([O-])c1cncn1CC(O)C[18F]. The number of halogens is 1. The van der Waals surface area contributed by atoms with Crippen LogP contribution in [0.3, 0.4) is 0 Å². The molecule has 13 heavy (non-hydrogen) atoms. The number of rotatable bonds is 4. The monoisotopic (exact) mass is 188 g/mol. The van der Waals surface area contributed by atoms with Gasteiger partial charge in [0.15, 0.2) is 6.33 Å². The summed E-state index contributed by atoms with van der Waals surface area (Å²) in [5.41, 5.74) is 0. The highest BCUT2D eigenvalue weighted by molar-refractivity contribution is 5.14. The zero-order valence-corrected chi connectivity index (χ0v) is 6.63. The fraction of sp³-hybridized carbons (Fsp3) is 0.500. The van der Waals surface area contributed by atoms with E-state index < -0.39 is 17.7 Å². The van der Waals surface area contributed by atoms with Gasteiger partial charge in [0.2, 0.25) is 0 Å². The van der Waals surface area contributed by atoms with Gasteiger partial charge in [-0.3, -0.25) is 0 Å². The molecule has 0 spiro atoms. The van der Waals surface area contributed by atoms with Gasteiger partial charge in [0.05, 0.1) is 0 Å². The lowest BCUT2D eigenvalue weighted by atomic mass is 10.4. The minimum Gasteiger partial charge on any atom is -0.386 e. The molecule has 1 aromatic rings. The second-order valence-corrected chi connectivity index (χ2v) is 2.47. The number of nitrogens with zero attached hydrogens (tertiary/aromatic N) is 3. The molecule has 0 aromatic carbocycles. The molecule has 6 nitrogen and oxygen atoms in total. The van der Waals surface area contributed by atoms with E-state index in [-0.39, 0.29) is 12.4 Å². The minimum absolute atomic E-state index is 0.160. The Morgan fingerprint density at radius 1 is 1.85 bits per heavy atom. The molecule has 1 N–H and O–H groups in total. The molecule has 0 fully saturated rings. The molecular formula is C6H8FN3O3. The maximum atomic E-state index is 11.9. The Bertz CT molecular complexity index is 301. The van der Waals surface area contributed by atoms with E-state index in [1.54, 1.807) is 0 Å². The molecule has 0 saturated carbocycles. The summed E-state index contributed by atoms with van der Waals surface area (Å²) >= 11 is 0. The third-order valence-corrected chi connectivity index (χ3v) is 1.46. The predicted molar refractivity (Wildman–Crippen MR) is 40.9 cm³/mol. The van der Waals surface area contributed by atoms with Crippen LogP contribution in [0.4, 0.5) is 10.2 Å². The summed E-state index contributed by atoms with van der Waals surface area (Å²) in [7, 11) is 0. The maximum Gasteiger partial charge on any atom is 0.342 e. The standard InChI is InChI=1S/C6H8FN3O3/c7-1-5(11)3-9-4-8-2-6(9)10(12)13/h2,4-5,11H,1,3H2/i7-1. The van der Waals surface area contributed by atoms with Gasteiger partial charge in [-0.15, -0.1) is 0 Å². The van der Waals surface area contributed by atoms with Crippen molar-refractivity contribution in [3.63, 3.8) is 0 Å². The van der Waals surface area contributed by atoms with Crippen molar-refractivity contribution < 1.29 is 14.4 Å². The first-order valence-electron chi connectivity index (χ1n) is 3.53. The van der Waals surface area contributed by atoms with E-state index in [9.17, 15) is 14.5 Å². The largest absolute Gasteiger partial charge is 0.386 e. The Balaban J connectivity index is 2.76. The third-order valence-electron chi connectivity index (χ3n) is 1.46. The van der Waals surface area contributed by atoms with Gasteiger partial charge in [-0.05, 0) is 4.92 Å². The van der Waals surface area contributed by atoms with Crippen LogP contribution in [-0.4, -0.2) is 32.4 Å². The van der Waals surface area contributed by atoms with Gasteiger partial charge in [-0.2, -0.15) is 0 Å². The fourth-order valence-electron chi connectivity index (χ4n) is 0.882. The van der Waals surface area contributed by atoms with Crippen LogP contribution in [0.25, 0.3) is 0 Å². The Morgan fingerprint density at radius 2 is 2.54 bits per heavy atom. The number of aliphatic hydroxyl groups is 1. The smallest absolute Gasteiger partial charge is 0.342 e. The van der Waals surface area contributed by atoms with E-state index in [4.69, 9.17) is 5.11 Å². The molecule has 1 aromatic heterocycles. The lowest BCUT2D eigenvalue weighted by Crippen LogP contribution is -2.18. The van der Waals surface area contributed by atoms with Gasteiger partial charge in [0.25, 0.3) is 0 Å². The van der Waals surface area contributed by atoms with E-state index in [0.29, 0.717) is 0 Å². The highest BCUT2D eigenvalue weighted by atomic mass is 18.2. The summed E-state index contributed by atoms with van der Waals surface area (Å²) in [5.74, 6) is -0.257. The summed E-state index contributed by atoms with van der Waals surface area (Å²) < 4.78 is 12.9. The molecule has 1 heterocycles. The highest BCUT2D eigenvalue weighted by Crippen LogP contribution is 2.09. The molecule has 72 valence electrons. The number of hydrogen-bond donors (Lipinski definition) is 1. The number of aromatic nitrogens is 2. The van der Waals surface area contributed by atoms with Gasteiger partial charge >= 0.3 is 5.82 Å². The molecule has 0 aliphatic heterocycles. The number of hydrogen-bond acceptors (Lipinski definition) is 4. The van der Waals surface area contributed by atoms with Crippen molar-refractivity contribution >= 4 is 5.82 Å². The van der Waals surface area contributed by atoms with Crippen molar-refractivity contribution in [1.29, 1.82) is 0 Å². The van der Waals surface area contributed by atoms with Crippen LogP contribution >= 0.6 is 0 Å². The van der Waals surface area contributed by atoms with E-state index in [1.807, 2.05) is 0 Å². The molecule has 0 radical (unpaired) electrons. The molecule has 0 saturated heterocycles. The normalized spacial score (nSPS) is 12.8. The summed E-state index contributed by atoms with van der Waals surface area (Å²) in [6.07, 6.45) is 0.995. The van der Waals surface area contributed by atoms with E-state index >= 15 is 0 Å². The number of nitro groups is 1. The van der Waals surface area contributed by atoms with E-state index in [0.717, 1.165) is 10.8 Å². The molecule has 0 aliphatic carbocycles. The van der Waals surface area contributed by atoms with Crippen LogP contribution in [-0.2, 0) is 6.54 Å². The van der Waals surface area contributed by atoms with Crippen molar-refractivity contribution in [3.05, 3.63) is 22.6 Å². The van der Waals surface area contributed by atoms with Crippen LogP contribution in [0.2, 0.25) is 0 Å². The number of alkyl halides is 1. The predicted octanol–water partition coefficient (Wildman–Crippen LogP) is 0.122. The van der Waals surface area contributed by atoms with Crippen LogP contribution in [0.5, 0.6) is 0 Å². The average Bonchev–Trinajstić information content (AvgIpc) is 2.52. The summed E-state index contributed by atoms with van der Waals surface area (Å²) in [6.45, 7) is -1.10. The minimum atomic E-state index is -1.23. The summed E-state index contributed by atoms with van der Waals surface area (Å²) in [4.78, 5) is 13.2. The fourth-order valence-corrected chi connectivity index (χ4v) is 0.882. The van der Waals surface area contributed by atoms with Crippen molar-refractivity contribution in [2.45, 2.75) is 12.6 Å². The van der Waals surface area contributed by atoms with Crippen LogP contribution in [0, 0.1) is 10.1 Å². The molecule has 1 rings (SSSR count). The lowest BCUT2D eigenvalue weighted by molar-refractivity contribution is -0.392. The molecule has 0 bridgehead atoms. The molecule has 1 atom stereocenters. The highest BCUT2D eigenvalue weighted by Gasteiger charge is 2.16. The van der Waals surface area contributed by atoms with Gasteiger partial charge in [0.1, 0.15) is 25.5 Å². The molecular weight excluding hydrogens is 180 g/mol. The molecule has 0 amide bonds. The zero-order chi connectivity index (χ0) is 9.84. The first-order valence-corrected chi connectivity index (χ1v) is 3.53. The second kappa shape index (κ2) is 3.94. The van der Waals surface area contributed by atoms with Gasteiger partial charge < -0.3 is 15.2 Å². The van der Waals surface area contributed by atoms with Crippen LogP contribution in [0.1, 0.15) is 0 Å². The molecule has 0 aliphatic rings. The average molecular weight is 188 g/mol. The van der Waals surface area contributed by atoms with Crippen LogP contribution < -0.4 is 0 Å². The van der Waals surface area contributed by atoms with E-state index in [1.165, 1.54) is 6.33 Å². The quantitative estimate of drug-likeness (QED) is 0.537. The van der Waals surface area contributed by atoms with Crippen molar-refractivity contribution in [2.75, 3.05) is 6.67 Å². The summed E-state index contributed by atoms with van der Waals surface area (Å²) in [6, 6.07) is 0. The van der Waals surface area contributed by atoms with Gasteiger partial charge in [-0.25, -0.2) is 13.9 Å². The topological polar surface area (TPSA) is 81.2 Å². The summed E-state index contributed by atoms with van der Waals surface area (Å²) in [5, 5.41) is 19.2. The first-order chi connectivity index (χ1) is 6.15. The third kappa shape index (κ3) is 2.22. The number of imidazole rings is 1. The van der Waals surface area contributed by atoms with Crippen LogP contribution in [0.15, 0.2) is 12.5 Å². The maximum absolute atomic E-state index is 11.9. The number of aliphatic hydroxyl groups excluding tert-OH is 1. The van der Waals surface area contributed by atoms with E-state index in [2.05, 4.69) is 4.98 Å². The molecule has 7 heteroatoms. The Labute approximate surface area is 72.8 Å². The Kier molecular flexibility index (Phi) is 2.91. The van der Waals surface area contributed by atoms with Crippen molar-refractivity contribution in [3.8, 4) is 0 Å². The Morgan fingerprint density at radius 3 is 3.08 bits per heavy atom. The zero-order valence-electron chi connectivity index (χ0n) is 6.63. The van der Waals surface area contributed by atoms with Crippen molar-refractivity contribution in [1.82, 2.24) is 9.55 Å². The molecule has 1 unspecified atom stereocenters. The second-order valence-electron chi connectivity index (χ2n) is 2.47. The first kappa shape index (κ1) is 9.59.